The van der Waals surface area contributed by atoms with E-state index in [9.17, 15) is 4.79 Å². The molecule has 1 N–H and O–H groups in total. The standard InChI is InChI=1S/C15H17NOS/c1-10-4-5-13(8-12(10)3)15(17)16-9-14-11(2)6-7-18-14/h4-8H,9H2,1-3H3,(H,16,17). The van der Waals surface area contributed by atoms with E-state index in [2.05, 4.69) is 18.3 Å². The summed E-state index contributed by atoms with van der Waals surface area (Å²) in [5, 5.41) is 5.01. The van der Waals surface area contributed by atoms with Crippen molar-refractivity contribution in [3.63, 3.8) is 0 Å². The van der Waals surface area contributed by atoms with Crippen LogP contribution in [0.5, 0.6) is 0 Å². The fourth-order valence-electron chi connectivity index (χ4n) is 1.73. The lowest BCUT2D eigenvalue weighted by Crippen LogP contribution is -2.22. The van der Waals surface area contributed by atoms with E-state index < -0.39 is 0 Å². The topological polar surface area (TPSA) is 29.1 Å². The number of thiophene rings is 1. The summed E-state index contributed by atoms with van der Waals surface area (Å²) in [5.74, 6) is -0.00843. The highest BCUT2D eigenvalue weighted by Gasteiger charge is 2.07. The molecule has 1 aromatic heterocycles. The summed E-state index contributed by atoms with van der Waals surface area (Å²) >= 11 is 1.68. The Bertz CT molecular complexity index is 572. The van der Waals surface area contributed by atoms with Crippen LogP contribution in [-0.2, 0) is 6.54 Å². The van der Waals surface area contributed by atoms with E-state index in [1.807, 2.05) is 37.4 Å². The lowest BCUT2D eigenvalue weighted by atomic mass is 10.1. The van der Waals surface area contributed by atoms with Gasteiger partial charge < -0.3 is 5.32 Å². The van der Waals surface area contributed by atoms with E-state index in [1.165, 1.54) is 16.0 Å². The Kier molecular flexibility index (Phi) is 3.82. The van der Waals surface area contributed by atoms with Crippen LogP contribution in [0.2, 0.25) is 0 Å². The van der Waals surface area contributed by atoms with Gasteiger partial charge in [0, 0.05) is 10.4 Å². The number of rotatable bonds is 3. The first-order chi connectivity index (χ1) is 8.58. The summed E-state index contributed by atoms with van der Waals surface area (Å²) in [6.07, 6.45) is 0. The lowest BCUT2D eigenvalue weighted by Gasteiger charge is -2.07. The molecule has 18 heavy (non-hydrogen) atoms. The normalized spacial score (nSPS) is 10.4. The fraction of sp³-hybridized carbons (Fsp3) is 0.267. The van der Waals surface area contributed by atoms with Crippen molar-refractivity contribution in [1.82, 2.24) is 5.32 Å². The van der Waals surface area contributed by atoms with Crippen molar-refractivity contribution in [3.8, 4) is 0 Å². The molecule has 2 nitrogen and oxygen atoms in total. The van der Waals surface area contributed by atoms with Gasteiger partial charge in [-0.2, -0.15) is 0 Å². The van der Waals surface area contributed by atoms with Crippen LogP contribution in [-0.4, -0.2) is 5.91 Å². The number of aryl methyl sites for hydroxylation is 3. The number of nitrogens with one attached hydrogen (secondary N) is 1. The van der Waals surface area contributed by atoms with Crippen LogP contribution in [0, 0.1) is 20.8 Å². The Balaban J connectivity index is 2.04. The molecule has 0 aliphatic carbocycles. The van der Waals surface area contributed by atoms with Crippen LogP contribution < -0.4 is 5.32 Å². The maximum Gasteiger partial charge on any atom is 0.251 e. The third-order valence-corrected chi connectivity index (χ3v) is 4.17. The highest BCUT2D eigenvalue weighted by Crippen LogP contribution is 2.15. The molecule has 0 unspecified atom stereocenters. The van der Waals surface area contributed by atoms with Crippen LogP contribution in [0.4, 0.5) is 0 Å². The van der Waals surface area contributed by atoms with Crippen LogP contribution in [0.3, 0.4) is 0 Å². The maximum absolute atomic E-state index is 12.0. The first-order valence-corrected chi connectivity index (χ1v) is 6.84. The van der Waals surface area contributed by atoms with Crippen LogP contribution in [0.1, 0.15) is 31.9 Å². The summed E-state index contributed by atoms with van der Waals surface area (Å²) in [7, 11) is 0. The van der Waals surface area contributed by atoms with Crippen LogP contribution in [0.25, 0.3) is 0 Å². The van der Waals surface area contributed by atoms with Gasteiger partial charge >= 0.3 is 0 Å². The smallest absolute Gasteiger partial charge is 0.251 e. The largest absolute Gasteiger partial charge is 0.347 e. The zero-order valence-corrected chi connectivity index (χ0v) is 11.7. The molecule has 1 aromatic carbocycles. The summed E-state index contributed by atoms with van der Waals surface area (Å²) in [6, 6.07) is 7.87. The number of carbonyl (C=O) groups is 1. The zero-order chi connectivity index (χ0) is 13.1. The molecule has 0 aliphatic heterocycles. The van der Waals surface area contributed by atoms with Gasteiger partial charge in [-0.15, -0.1) is 11.3 Å². The number of amides is 1. The monoisotopic (exact) mass is 259 g/mol. The zero-order valence-electron chi connectivity index (χ0n) is 10.9. The Morgan fingerprint density at radius 2 is 1.89 bits per heavy atom. The molecule has 94 valence electrons. The molecular formula is C15H17NOS. The van der Waals surface area contributed by atoms with Crippen molar-refractivity contribution in [2.75, 3.05) is 0 Å². The molecule has 1 heterocycles. The van der Waals surface area contributed by atoms with E-state index in [1.54, 1.807) is 11.3 Å². The minimum Gasteiger partial charge on any atom is -0.347 e. The Morgan fingerprint density at radius 1 is 1.11 bits per heavy atom. The molecule has 3 heteroatoms. The number of hydrogen-bond acceptors (Lipinski definition) is 2. The quantitative estimate of drug-likeness (QED) is 0.896. The number of hydrogen-bond donors (Lipinski definition) is 1. The molecule has 2 rings (SSSR count). The SMILES string of the molecule is Cc1ccc(C(=O)NCc2sccc2C)cc1C. The predicted octanol–water partition coefficient (Wildman–Crippen LogP) is 3.60. The van der Waals surface area contributed by atoms with Gasteiger partial charge in [0.2, 0.25) is 0 Å². The van der Waals surface area contributed by atoms with E-state index >= 15 is 0 Å². The summed E-state index contributed by atoms with van der Waals surface area (Å²) in [4.78, 5) is 13.2. The molecule has 0 aliphatic rings. The Morgan fingerprint density at radius 3 is 2.50 bits per heavy atom. The third kappa shape index (κ3) is 2.79. The van der Waals surface area contributed by atoms with Crippen molar-refractivity contribution in [2.24, 2.45) is 0 Å². The molecule has 0 saturated carbocycles. The molecule has 0 radical (unpaired) electrons. The van der Waals surface area contributed by atoms with Gasteiger partial charge in [0.05, 0.1) is 6.54 Å². The van der Waals surface area contributed by atoms with E-state index in [-0.39, 0.29) is 5.91 Å². The van der Waals surface area contributed by atoms with Gasteiger partial charge in [0.15, 0.2) is 0 Å². The predicted molar refractivity (Wildman–Crippen MR) is 76.1 cm³/mol. The summed E-state index contributed by atoms with van der Waals surface area (Å²) < 4.78 is 0. The van der Waals surface area contributed by atoms with Crippen molar-refractivity contribution in [1.29, 1.82) is 0 Å². The maximum atomic E-state index is 12.0. The van der Waals surface area contributed by atoms with Crippen molar-refractivity contribution in [3.05, 3.63) is 56.8 Å². The van der Waals surface area contributed by atoms with Crippen LogP contribution >= 0.6 is 11.3 Å². The fourth-order valence-corrected chi connectivity index (χ4v) is 2.58. The van der Waals surface area contributed by atoms with Crippen molar-refractivity contribution >= 4 is 17.2 Å². The van der Waals surface area contributed by atoms with E-state index in [0.717, 1.165) is 11.1 Å². The Labute approximate surface area is 112 Å². The average Bonchev–Trinajstić information content (AvgIpc) is 2.75. The molecular weight excluding hydrogens is 242 g/mol. The second-order valence-corrected chi connectivity index (χ2v) is 5.51. The third-order valence-electron chi connectivity index (χ3n) is 3.15. The van der Waals surface area contributed by atoms with Crippen molar-refractivity contribution < 1.29 is 4.79 Å². The van der Waals surface area contributed by atoms with E-state index in [4.69, 9.17) is 0 Å². The molecule has 0 spiro atoms. The molecule has 0 atom stereocenters. The van der Waals surface area contributed by atoms with Gasteiger partial charge in [0.25, 0.3) is 5.91 Å². The average molecular weight is 259 g/mol. The van der Waals surface area contributed by atoms with Gasteiger partial charge in [-0.1, -0.05) is 6.07 Å². The van der Waals surface area contributed by atoms with E-state index in [0.29, 0.717) is 6.54 Å². The highest BCUT2D eigenvalue weighted by molar-refractivity contribution is 7.10. The molecule has 0 bridgehead atoms. The van der Waals surface area contributed by atoms with Crippen LogP contribution in [0.15, 0.2) is 29.6 Å². The number of benzene rings is 1. The van der Waals surface area contributed by atoms with Gasteiger partial charge in [-0.3, -0.25) is 4.79 Å². The first kappa shape index (κ1) is 12.8. The second-order valence-electron chi connectivity index (χ2n) is 4.51. The first-order valence-electron chi connectivity index (χ1n) is 5.96. The summed E-state index contributed by atoms with van der Waals surface area (Å²) in [5.41, 5.74) is 4.32. The highest BCUT2D eigenvalue weighted by atomic mass is 32.1. The molecule has 1 amide bonds. The van der Waals surface area contributed by atoms with Gasteiger partial charge in [-0.05, 0) is 61.0 Å². The van der Waals surface area contributed by atoms with Crippen molar-refractivity contribution in [2.45, 2.75) is 27.3 Å². The second kappa shape index (κ2) is 5.36. The lowest BCUT2D eigenvalue weighted by molar-refractivity contribution is 0.0951. The summed E-state index contributed by atoms with van der Waals surface area (Å²) in [6.45, 7) is 6.74. The number of carbonyl (C=O) groups excluding carboxylic acids is 1. The molecule has 0 saturated heterocycles. The molecule has 2 aromatic rings. The minimum atomic E-state index is -0.00843. The Hall–Kier alpha value is -1.61. The van der Waals surface area contributed by atoms with Gasteiger partial charge in [-0.25, -0.2) is 0 Å². The van der Waals surface area contributed by atoms with Gasteiger partial charge in [0.1, 0.15) is 0 Å². The minimum absolute atomic E-state index is 0.00843. The molecule has 0 fully saturated rings.